The second-order valence-electron chi connectivity index (χ2n) is 5.95. The monoisotopic (exact) mass is 383 g/mol. The smallest absolute Gasteiger partial charge is 0.306 e. The molecule has 0 unspecified atom stereocenters. The summed E-state index contributed by atoms with van der Waals surface area (Å²) in [5.74, 6) is -0.218. The first-order chi connectivity index (χ1) is 11.0. The van der Waals surface area contributed by atoms with Crippen LogP contribution in [0.3, 0.4) is 0 Å². The predicted octanol–water partition coefficient (Wildman–Crippen LogP) is 3.18. The van der Waals surface area contributed by atoms with E-state index in [-0.39, 0.29) is 17.7 Å². The first-order valence-electron chi connectivity index (χ1n) is 7.83. The van der Waals surface area contributed by atoms with Crippen molar-refractivity contribution in [3.63, 3.8) is 0 Å². The van der Waals surface area contributed by atoms with Crippen LogP contribution in [0.25, 0.3) is 0 Å². The Balaban J connectivity index is 1.73. The number of halogens is 1. The zero-order valence-electron chi connectivity index (χ0n) is 13.2. The van der Waals surface area contributed by atoms with Crippen molar-refractivity contribution < 1.29 is 19.4 Å². The molecule has 1 fully saturated rings. The third kappa shape index (κ3) is 5.23. The summed E-state index contributed by atoms with van der Waals surface area (Å²) in [6.45, 7) is 0.960. The van der Waals surface area contributed by atoms with Crippen LogP contribution in [0.5, 0.6) is 5.75 Å². The molecule has 1 aromatic rings. The van der Waals surface area contributed by atoms with Gasteiger partial charge in [0.15, 0.2) is 0 Å². The highest BCUT2D eigenvalue weighted by molar-refractivity contribution is 9.10. The van der Waals surface area contributed by atoms with Crippen molar-refractivity contribution in [2.75, 3.05) is 20.2 Å². The molecule has 1 saturated carbocycles. The Morgan fingerprint density at radius 1 is 1.17 bits per heavy atom. The number of ether oxygens (including phenoxy) is 1. The maximum Gasteiger partial charge on any atom is 0.306 e. The topological polar surface area (TPSA) is 66.8 Å². The third-order valence-electron chi connectivity index (χ3n) is 4.31. The minimum atomic E-state index is -0.743. The molecule has 2 rings (SSSR count). The van der Waals surface area contributed by atoms with E-state index in [1.807, 2.05) is 24.3 Å². The van der Waals surface area contributed by atoms with Crippen molar-refractivity contribution >= 4 is 27.8 Å². The molecule has 23 heavy (non-hydrogen) atoms. The maximum absolute atomic E-state index is 12.4. The first kappa shape index (κ1) is 17.8. The van der Waals surface area contributed by atoms with Gasteiger partial charge in [0.05, 0.1) is 12.5 Å². The maximum atomic E-state index is 12.4. The number of carbonyl (C=O) groups excluding carboxylic acids is 1. The number of nitrogens with zero attached hydrogens (tertiary/aromatic N) is 1. The molecule has 1 aliphatic carbocycles. The fourth-order valence-electron chi connectivity index (χ4n) is 2.84. The number of hydrogen-bond donors (Lipinski definition) is 1. The largest absolute Gasteiger partial charge is 0.492 e. The second kappa shape index (κ2) is 8.34. The van der Waals surface area contributed by atoms with Crippen LogP contribution in [0.4, 0.5) is 0 Å². The van der Waals surface area contributed by atoms with Crippen LogP contribution in [0.1, 0.15) is 25.7 Å². The van der Waals surface area contributed by atoms with E-state index >= 15 is 0 Å². The summed E-state index contributed by atoms with van der Waals surface area (Å²) in [5.41, 5.74) is 0. The van der Waals surface area contributed by atoms with Crippen LogP contribution in [-0.2, 0) is 9.59 Å². The number of hydrogen-bond acceptors (Lipinski definition) is 3. The molecule has 126 valence electrons. The zero-order chi connectivity index (χ0) is 16.8. The molecular formula is C17H22BrNO4. The molecule has 0 aromatic heterocycles. The minimum absolute atomic E-state index is 0.0525. The molecule has 1 N–H and O–H groups in total. The Hall–Kier alpha value is -1.56. The van der Waals surface area contributed by atoms with Crippen LogP contribution >= 0.6 is 15.9 Å². The van der Waals surface area contributed by atoms with Gasteiger partial charge < -0.3 is 14.7 Å². The summed E-state index contributed by atoms with van der Waals surface area (Å²) in [7, 11) is 1.77. The van der Waals surface area contributed by atoms with Gasteiger partial charge in [-0.25, -0.2) is 0 Å². The van der Waals surface area contributed by atoms with Crippen LogP contribution in [0.2, 0.25) is 0 Å². The minimum Gasteiger partial charge on any atom is -0.492 e. The van der Waals surface area contributed by atoms with Crippen LogP contribution in [0, 0.1) is 11.8 Å². The molecule has 0 atom stereocenters. The van der Waals surface area contributed by atoms with Crippen LogP contribution < -0.4 is 4.74 Å². The lowest BCUT2D eigenvalue weighted by molar-refractivity contribution is -0.145. The van der Waals surface area contributed by atoms with E-state index in [1.54, 1.807) is 11.9 Å². The average molecular weight is 384 g/mol. The van der Waals surface area contributed by atoms with Crippen molar-refractivity contribution in [3.05, 3.63) is 28.7 Å². The highest BCUT2D eigenvalue weighted by atomic mass is 79.9. The molecule has 0 saturated heterocycles. The number of carboxylic acids is 1. The SMILES string of the molecule is CN(CCOc1ccc(Br)cc1)C(=O)C1CCC(C(=O)O)CC1. The van der Waals surface area contributed by atoms with Gasteiger partial charge >= 0.3 is 5.97 Å². The molecule has 0 heterocycles. The summed E-state index contributed by atoms with van der Waals surface area (Å²) in [6, 6.07) is 7.56. The predicted molar refractivity (Wildman–Crippen MR) is 90.4 cm³/mol. The van der Waals surface area contributed by atoms with E-state index in [2.05, 4.69) is 15.9 Å². The van der Waals surface area contributed by atoms with Gasteiger partial charge in [-0.15, -0.1) is 0 Å². The summed E-state index contributed by atoms with van der Waals surface area (Å²) in [6.07, 6.45) is 2.51. The third-order valence-corrected chi connectivity index (χ3v) is 4.84. The summed E-state index contributed by atoms with van der Waals surface area (Å²) < 4.78 is 6.62. The number of benzene rings is 1. The lowest BCUT2D eigenvalue weighted by atomic mass is 9.81. The van der Waals surface area contributed by atoms with Gasteiger partial charge in [0.1, 0.15) is 12.4 Å². The van der Waals surface area contributed by atoms with Gasteiger partial charge in [-0.3, -0.25) is 9.59 Å². The normalized spacial score (nSPS) is 20.8. The fourth-order valence-corrected chi connectivity index (χ4v) is 3.10. The second-order valence-corrected chi connectivity index (χ2v) is 6.86. The highest BCUT2D eigenvalue weighted by Gasteiger charge is 2.31. The van der Waals surface area contributed by atoms with E-state index in [0.717, 1.165) is 10.2 Å². The summed E-state index contributed by atoms with van der Waals surface area (Å²) in [4.78, 5) is 25.0. The first-order valence-corrected chi connectivity index (χ1v) is 8.63. The Morgan fingerprint density at radius 2 is 1.74 bits per heavy atom. The number of carboxylic acid groups (broad SMARTS) is 1. The van der Waals surface area contributed by atoms with Crippen molar-refractivity contribution in [2.45, 2.75) is 25.7 Å². The van der Waals surface area contributed by atoms with E-state index in [4.69, 9.17) is 9.84 Å². The van der Waals surface area contributed by atoms with Crippen LogP contribution in [-0.4, -0.2) is 42.1 Å². The lowest BCUT2D eigenvalue weighted by Crippen LogP contribution is -2.38. The molecule has 0 spiro atoms. The Kier molecular flexibility index (Phi) is 6.45. The van der Waals surface area contributed by atoms with E-state index in [1.165, 1.54) is 0 Å². The average Bonchev–Trinajstić information content (AvgIpc) is 2.56. The van der Waals surface area contributed by atoms with Gasteiger partial charge in [0.2, 0.25) is 5.91 Å². The highest BCUT2D eigenvalue weighted by Crippen LogP contribution is 2.30. The number of carbonyl (C=O) groups is 2. The molecule has 1 amide bonds. The Bertz CT molecular complexity index is 538. The van der Waals surface area contributed by atoms with Gasteiger partial charge in [0, 0.05) is 17.4 Å². The van der Waals surface area contributed by atoms with E-state index < -0.39 is 5.97 Å². The molecule has 0 aliphatic heterocycles. The molecule has 0 bridgehead atoms. The zero-order valence-corrected chi connectivity index (χ0v) is 14.8. The number of rotatable bonds is 6. The molecule has 1 aliphatic rings. The summed E-state index contributed by atoms with van der Waals surface area (Å²) >= 11 is 3.37. The van der Waals surface area contributed by atoms with Crippen molar-refractivity contribution in [1.29, 1.82) is 0 Å². The Morgan fingerprint density at radius 3 is 2.30 bits per heavy atom. The number of aliphatic carboxylic acids is 1. The van der Waals surface area contributed by atoms with Gasteiger partial charge in [-0.2, -0.15) is 0 Å². The molecular weight excluding hydrogens is 362 g/mol. The number of likely N-dealkylation sites (N-methyl/N-ethyl adjacent to an activating group) is 1. The van der Waals surface area contributed by atoms with E-state index in [0.29, 0.717) is 38.8 Å². The fraction of sp³-hybridized carbons (Fsp3) is 0.529. The van der Waals surface area contributed by atoms with Gasteiger partial charge in [-0.1, -0.05) is 15.9 Å². The molecule has 0 radical (unpaired) electrons. The molecule has 5 nitrogen and oxygen atoms in total. The van der Waals surface area contributed by atoms with Gasteiger partial charge in [-0.05, 0) is 49.9 Å². The number of amides is 1. The van der Waals surface area contributed by atoms with Crippen molar-refractivity contribution in [2.24, 2.45) is 11.8 Å². The standard InChI is InChI=1S/C17H22BrNO4/c1-19(10-11-23-15-8-6-14(18)7-9-15)16(20)12-2-4-13(5-3-12)17(21)22/h6-9,12-13H,2-5,10-11H2,1H3,(H,21,22). The Labute approximate surface area is 144 Å². The lowest BCUT2D eigenvalue weighted by Gasteiger charge is -2.28. The van der Waals surface area contributed by atoms with Crippen molar-refractivity contribution in [1.82, 2.24) is 4.90 Å². The van der Waals surface area contributed by atoms with E-state index in [9.17, 15) is 9.59 Å². The summed E-state index contributed by atoms with van der Waals surface area (Å²) in [5, 5.41) is 9.00. The van der Waals surface area contributed by atoms with Crippen LogP contribution in [0.15, 0.2) is 28.7 Å². The molecule has 1 aromatic carbocycles. The molecule has 6 heteroatoms. The quantitative estimate of drug-likeness (QED) is 0.818. The van der Waals surface area contributed by atoms with Gasteiger partial charge in [0.25, 0.3) is 0 Å². The van der Waals surface area contributed by atoms with Crippen molar-refractivity contribution in [3.8, 4) is 5.75 Å².